The summed E-state index contributed by atoms with van der Waals surface area (Å²) in [6, 6.07) is 0. The van der Waals surface area contributed by atoms with Gasteiger partial charge in [-0.3, -0.25) is 4.79 Å². The summed E-state index contributed by atoms with van der Waals surface area (Å²) in [7, 11) is 0. The minimum atomic E-state index is -4.75. The maximum absolute atomic E-state index is 12.4. The van der Waals surface area contributed by atoms with E-state index < -0.39 is 29.2 Å². The second kappa shape index (κ2) is 4.12. The van der Waals surface area contributed by atoms with Gasteiger partial charge in [0.15, 0.2) is 0 Å². The highest BCUT2D eigenvalue weighted by Gasteiger charge is 2.38. The quantitative estimate of drug-likeness (QED) is 0.850. The van der Waals surface area contributed by atoms with E-state index in [1.807, 2.05) is 5.32 Å². The van der Waals surface area contributed by atoms with Crippen LogP contribution < -0.4 is 5.32 Å². The summed E-state index contributed by atoms with van der Waals surface area (Å²) < 4.78 is 37.2. The number of anilines is 1. The Kier molecular flexibility index (Phi) is 3.22. The third-order valence-electron chi connectivity index (χ3n) is 1.60. The lowest BCUT2D eigenvalue weighted by Gasteiger charge is -2.06. The summed E-state index contributed by atoms with van der Waals surface area (Å²) in [5.74, 6) is -2.35. The Labute approximate surface area is 91.7 Å². The van der Waals surface area contributed by atoms with Crippen LogP contribution in [-0.2, 0) is 11.0 Å². The molecule has 0 aromatic carbocycles. The Hall–Kier alpha value is -1.57. The zero-order valence-corrected chi connectivity index (χ0v) is 8.70. The third-order valence-corrected chi connectivity index (χ3v) is 2.50. The van der Waals surface area contributed by atoms with Gasteiger partial charge in [-0.05, 0) is 0 Å². The topological polar surface area (TPSA) is 66.4 Å². The van der Waals surface area contributed by atoms with E-state index in [4.69, 9.17) is 5.11 Å². The highest BCUT2D eigenvalue weighted by Crippen LogP contribution is 2.39. The second-order valence-electron chi connectivity index (χ2n) is 2.84. The molecule has 88 valence electrons. The van der Waals surface area contributed by atoms with E-state index in [2.05, 4.69) is 0 Å². The molecule has 0 saturated carbocycles. The molecule has 1 heterocycles. The number of thiophene rings is 1. The average molecular weight is 253 g/mol. The van der Waals surface area contributed by atoms with Crippen LogP contribution in [0.2, 0.25) is 0 Å². The maximum atomic E-state index is 12.4. The van der Waals surface area contributed by atoms with Crippen LogP contribution in [0.1, 0.15) is 22.8 Å². The number of halogens is 3. The molecular weight excluding hydrogens is 247 g/mol. The Morgan fingerprint density at radius 3 is 2.38 bits per heavy atom. The average Bonchev–Trinajstić information content (AvgIpc) is 2.45. The standard InChI is InChI=1S/C8H6F3NO3S/c1-3(13)12-6-5(7(14)15)4(2-16-6)8(9,10)11/h2H,1H3,(H,12,13)(H,14,15). The van der Waals surface area contributed by atoms with Crippen molar-refractivity contribution in [1.82, 2.24) is 0 Å². The first-order chi connectivity index (χ1) is 7.23. The first-order valence-electron chi connectivity index (χ1n) is 3.93. The van der Waals surface area contributed by atoms with Crippen LogP contribution in [0.3, 0.4) is 0 Å². The van der Waals surface area contributed by atoms with Crippen LogP contribution in [0, 0.1) is 0 Å². The number of aromatic carboxylic acids is 1. The molecule has 0 fully saturated rings. The van der Waals surface area contributed by atoms with Crippen LogP contribution in [0.4, 0.5) is 18.2 Å². The molecule has 0 saturated heterocycles. The fraction of sp³-hybridized carbons (Fsp3) is 0.250. The summed E-state index contributed by atoms with van der Waals surface area (Å²) in [4.78, 5) is 21.4. The van der Waals surface area contributed by atoms with Crippen molar-refractivity contribution in [2.45, 2.75) is 13.1 Å². The SMILES string of the molecule is CC(=O)Nc1scc(C(F)(F)F)c1C(=O)O. The molecule has 0 spiro atoms. The molecule has 1 amide bonds. The van der Waals surface area contributed by atoms with Crippen molar-refractivity contribution in [2.24, 2.45) is 0 Å². The van der Waals surface area contributed by atoms with Crippen molar-refractivity contribution >= 4 is 28.2 Å². The molecular formula is C8H6F3NO3S. The maximum Gasteiger partial charge on any atom is 0.418 e. The van der Waals surface area contributed by atoms with Gasteiger partial charge < -0.3 is 10.4 Å². The fourth-order valence-electron chi connectivity index (χ4n) is 1.03. The first-order valence-corrected chi connectivity index (χ1v) is 4.81. The molecule has 0 aliphatic rings. The van der Waals surface area contributed by atoms with Crippen molar-refractivity contribution in [2.75, 3.05) is 5.32 Å². The highest BCUT2D eigenvalue weighted by atomic mass is 32.1. The van der Waals surface area contributed by atoms with Gasteiger partial charge in [0, 0.05) is 12.3 Å². The van der Waals surface area contributed by atoms with Gasteiger partial charge >= 0.3 is 12.1 Å². The molecule has 16 heavy (non-hydrogen) atoms. The molecule has 0 bridgehead atoms. The van der Waals surface area contributed by atoms with Crippen molar-refractivity contribution in [3.05, 3.63) is 16.5 Å². The number of carbonyl (C=O) groups excluding carboxylic acids is 1. The zero-order valence-electron chi connectivity index (χ0n) is 7.88. The molecule has 0 aliphatic carbocycles. The summed E-state index contributed by atoms with van der Waals surface area (Å²) in [5, 5.41) is 11.1. The van der Waals surface area contributed by atoms with Gasteiger partial charge in [-0.15, -0.1) is 11.3 Å². The number of hydrogen-bond acceptors (Lipinski definition) is 3. The van der Waals surface area contributed by atoms with Crippen LogP contribution in [-0.4, -0.2) is 17.0 Å². The van der Waals surface area contributed by atoms with Gasteiger partial charge in [0.2, 0.25) is 5.91 Å². The minimum Gasteiger partial charge on any atom is -0.478 e. The Morgan fingerprint density at radius 2 is 2.00 bits per heavy atom. The number of carbonyl (C=O) groups is 2. The Morgan fingerprint density at radius 1 is 1.44 bits per heavy atom. The van der Waals surface area contributed by atoms with Crippen molar-refractivity contribution in [3.8, 4) is 0 Å². The first kappa shape index (κ1) is 12.5. The highest BCUT2D eigenvalue weighted by molar-refractivity contribution is 7.15. The molecule has 1 aromatic rings. The van der Waals surface area contributed by atoms with Crippen molar-refractivity contribution < 1.29 is 27.9 Å². The van der Waals surface area contributed by atoms with E-state index in [0.29, 0.717) is 16.7 Å². The van der Waals surface area contributed by atoms with Gasteiger partial charge in [-0.1, -0.05) is 0 Å². The van der Waals surface area contributed by atoms with Gasteiger partial charge in [-0.2, -0.15) is 13.2 Å². The summed E-state index contributed by atoms with van der Waals surface area (Å²) in [6.07, 6.45) is -4.75. The largest absolute Gasteiger partial charge is 0.478 e. The lowest BCUT2D eigenvalue weighted by Crippen LogP contribution is -2.13. The van der Waals surface area contributed by atoms with Crippen molar-refractivity contribution in [3.63, 3.8) is 0 Å². The van der Waals surface area contributed by atoms with Crippen LogP contribution in [0.15, 0.2) is 5.38 Å². The number of carboxylic acid groups (broad SMARTS) is 1. The van der Waals surface area contributed by atoms with Gasteiger partial charge in [0.05, 0.1) is 5.56 Å². The predicted octanol–water partition coefficient (Wildman–Crippen LogP) is 2.42. The van der Waals surface area contributed by atoms with Gasteiger partial charge in [0.25, 0.3) is 0 Å². The monoisotopic (exact) mass is 253 g/mol. The summed E-state index contributed by atoms with van der Waals surface area (Å²) in [5.41, 5.74) is -2.18. The van der Waals surface area contributed by atoms with E-state index in [-0.39, 0.29) is 5.00 Å². The van der Waals surface area contributed by atoms with E-state index in [9.17, 15) is 22.8 Å². The lowest BCUT2D eigenvalue weighted by atomic mass is 10.2. The van der Waals surface area contributed by atoms with Crippen molar-refractivity contribution in [1.29, 1.82) is 0 Å². The second-order valence-corrected chi connectivity index (χ2v) is 3.72. The number of alkyl halides is 3. The van der Waals surface area contributed by atoms with E-state index in [1.165, 1.54) is 0 Å². The lowest BCUT2D eigenvalue weighted by molar-refractivity contribution is -0.137. The molecule has 0 unspecified atom stereocenters. The number of rotatable bonds is 2. The van der Waals surface area contributed by atoms with Crippen LogP contribution in [0.5, 0.6) is 0 Å². The molecule has 0 atom stereocenters. The Bertz CT molecular complexity index is 438. The van der Waals surface area contributed by atoms with Gasteiger partial charge in [0.1, 0.15) is 10.6 Å². The molecule has 1 rings (SSSR count). The fourth-order valence-corrected chi connectivity index (χ4v) is 2.04. The Balaban J connectivity index is 3.28. The van der Waals surface area contributed by atoms with Crippen LogP contribution in [0.25, 0.3) is 0 Å². The molecule has 0 aliphatic heterocycles. The molecule has 0 radical (unpaired) electrons. The third kappa shape index (κ3) is 2.51. The normalized spacial score (nSPS) is 11.2. The smallest absolute Gasteiger partial charge is 0.418 e. The minimum absolute atomic E-state index is 0.313. The van der Waals surface area contributed by atoms with Crippen LogP contribution >= 0.6 is 11.3 Å². The summed E-state index contributed by atoms with van der Waals surface area (Å²) >= 11 is 0.527. The molecule has 8 heteroatoms. The predicted molar refractivity (Wildman–Crippen MR) is 50.6 cm³/mol. The van der Waals surface area contributed by atoms with E-state index in [0.717, 1.165) is 6.92 Å². The molecule has 1 aromatic heterocycles. The molecule has 4 nitrogen and oxygen atoms in total. The number of carboxylic acids is 1. The van der Waals surface area contributed by atoms with E-state index in [1.54, 1.807) is 0 Å². The number of nitrogens with one attached hydrogen (secondary N) is 1. The number of amides is 1. The summed E-state index contributed by atoms with van der Waals surface area (Å²) in [6.45, 7) is 1.08. The number of hydrogen-bond donors (Lipinski definition) is 2. The molecule has 2 N–H and O–H groups in total. The van der Waals surface area contributed by atoms with Gasteiger partial charge in [-0.25, -0.2) is 4.79 Å². The zero-order chi connectivity index (χ0) is 12.5. The van der Waals surface area contributed by atoms with E-state index >= 15 is 0 Å².